The standard InChI is InChI=1S/C15H23FN2O.2ClH/c1-15(2,3)14(18-8-6-17-7-9-18)11-4-5-13(19)12(16)10-11;;/h4-5,10,14,17,19H,6-9H2,1-3H3;2*1H/t14-;;/m1../s1. The number of halogens is 3. The summed E-state index contributed by atoms with van der Waals surface area (Å²) >= 11 is 0. The highest BCUT2D eigenvalue weighted by atomic mass is 35.5. The van der Waals surface area contributed by atoms with Gasteiger partial charge in [-0.3, -0.25) is 4.90 Å². The summed E-state index contributed by atoms with van der Waals surface area (Å²) in [6.07, 6.45) is 0. The lowest BCUT2D eigenvalue weighted by atomic mass is 9.81. The largest absolute Gasteiger partial charge is 0.505 e. The molecular weight excluding hydrogens is 314 g/mol. The Morgan fingerprint density at radius 1 is 1.19 bits per heavy atom. The fourth-order valence-corrected chi connectivity index (χ4v) is 2.89. The first kappa shape index (κ1) is 20.5. The van der Waals surface area contributed by atoms with Crippen LogP contribution in [0.25, 0.3) is 0 Å². The van der Waals surface area contributed by atoms with E-state index in [0.717, 1.165) is 31.7 Å². The van der Waals surface area contributed by atoms with Crippen LogP contribution >= 0.6 is 24.8 Å². The Kier molecular flexibility index (Phi) is 7.97. The average molecular weight is 339 g/mol. The van der Waals surface area contributed by atoms with Crippen molar-refractivity contribution in [3.8, 4) is 5.75 Å². The normalized spacial score (nSPS) is 17.5. The third-order valence-corrected chi connectivity index (χ3v) is 3.62. The van der Waals surface area contributed by atoms with Crippen LogP contribution in [0.5, 0.6) is 5.75 Å². The van der Waals surface area contributed by atoms with E-state index in [1.54, 1.807) is 0 Å². The molecule has 1 fully saturated rings. The minimum absolute atomic E-state index is 0. The Bertz CT molecular complexity index is 446. The van der Waals surface area contributed by atoms with E-state index in [4.69, 9.17) is 0 Å². The average Bonchev–Trinajstić information content (AvgIpc) is 2.34. The zero-order valence-electron chi connectivity index (χ0n) is 12.7. The number of benzene rings is 1. The Balaban J connectivity index is 0.00000200. The van der Waals surface area contributed by atoms with E-state index in [1.807, 2.05) is 6.07 Å². The third-order valence-electron chi connectivity index (χ3n) is 3.62. The third kappa shape index (κ3) is 4.99. The summed E-state index contributed by atoms with van der Waals surface area (Å²) in [5, 5.41) is 12.7. The maximum atomic E-state index is 13.6. The van der Waals surface area contributed by atoms with E-state index < -0.39 is 5.82 Å². The van der Waals surface area contributed by atoms with E-state index in [9.17, 15) is 9.50 Å². The maximum Gasteiger partial charge on any atom is 0.165 e. The second kappa shape index (κ2) is 8.18. The van der Waals surface area contributed by atoms with Gasteiger partial charge in [0.1, 0.15) is 0 Å². The Labute approximate surface area is 138 Å². The maximum absolute atomic E-state index is 13.6. The molecule has 1 atom stereocenters. The predicted molar refractivity (Wildman–Crippen MR) is 89.2 cm³/mol. The number of nitrogens with zero attached hydrogens (tertiary/aromatic N) is 1. The molecule has 0 radical (unpaired) electrons. The highest BCUT2D eigenvalue weighted by molar-refractivity contribution is 5.85. The van der Waals surface area contributed by atoms with Gasteiger partial charge < -0.3 is 10.4 Å². The molecule has 2 rings (SSSR count). The van der Waals surface area contributed by atoms with Gasteiger partial charge in [0.05, 0.1) is 0 Å². The van der Waals surface area contributed by atoms with Crippen molar-refractivity contribution in [1.29, 1.82) is 0 Å². The molecule has 1 aromatic rings. The van der Waals surface area contributed by atoms with Crippen LogP contribution in [0.3, 0.4) is 0 Å². The first-order valence-corrected chi connectivity index (χ1v) is 6.83. The zero-order chi connectivity index (χ0) is 14.0. The molecule has 1 aliphatic rings. The Morgan fingerprint density at radius 3 is 2.24 bits per heavy atom. The quantitative estimate of drug-likeness (QED) is 0.867. The summed E-state index contributed by atoms with van der Waals surface area (Å²) < 4.78 is 13.6. The molecule has 122 valence electrons. The highest BCUT2D eigenvalue weighted by Gasteiger charge is 2.32. The van der Waals surface area contributed by atoms with Gasteiger partial charge in [0.2, 0.25) is 0 Å². The van der Waals surface area contributed by atoms with Crippen molar-refractivity contribution in [3.63, 3.8) is 0 Å². The smallest absolute Gasteiger partial charge is 0.165 e. The molecule has 0 spiro atoms. The van der Waals surface area contributed by atoms with Crippen molar-refractivity contribution >= 4 is 24.8 Å². The molecule has 1 aromatic carbocycles. The Hall–Kier alpha value is -0.550. The fraction of sp³-hybridized carbons (Fsp3) is 0.600. The van der Waals surface area contributed by atoms with Gasteiger partial charge in [-0.15, -0.1) is 24.8 Å². The van der Waals surface area contributed by atoms with Gasteiger partial charge in [0, 0.05) is 32.2 Å². The molecule has 1 aliphatic heterocycles. The molecular formula is C15H25Cl2FN2O. The minimum atomic E-state index is -0.540. The SMILES string of the molecule is CC(C)(C)[C@@H](c1ccc(O)c(F)c1)N1CCNCC1.Cl.Cl. The molecule has 6 heteroatoms. The monoisotopic (exact) mass is 338 g/mol. The van der Waals surface area contributed by atoms with Gasteiger partial charge >= 0.3 is 0 Å². The van der Waals surface area contributed by atoms with Crippen LogP contribution in [0.2, 0.25) is 0 Å². The van der Waals surface area contributed by atoms with E-state index in [0.29, 0.717) is 0 Å². The van der Waals surface area contributed by atoms with E-state index in [-0.39, 0.29) is 42.0 Å². The molecule has 0 saturated carbocycles. The van der Waals surface area contributed by atoms with Crippen molar-refractivity contribution in [3.05, 3.63) is 29.6 Å². The van der Waals surface area contributed by atoms with Crippen LogP contribution in [-0.4, -0.2) is 36.2 Å². The number of phenolic OH excluding ortho intramolecular Hbond substituents is 1. The summed E-state index contributed by atoms with van der Waals surface area (Å²) in [7, 11) is 0. The number of nitrogens with one attached hydrogen (secondary N) is 1. The van der Waals surface area contributed by atoms with Crippen LogP contribution in [0.15, 0.2) is 18.2 Å². The van der Waals surface area contributed by atoms with E-state index >= 15 is 0 Å². The summed E-state index contributed by atoms with van der Waals surface area (Å²) in [6.45, 7) is 10.4. The van der Waals surface area contributed by atoms with Gasteiger partial charge in [0.25, 0.3) is 0 Å². The lowest BCUT2D eigenvalue weighted by Crippen LogP contribution is -2.48. The molecule has 0 amide bonds. The second-order valence-corrected chi connectivity index (χ2v) is 6.27. The van der Waals surface area contributed by atoms with Gasteiger partial charge in [-0.25, -0.2) is 4.39 Å². The van der Waals surface area contributed by atoms with Crippen LogP contribution < -0.4 is 5.32 Å². The number of phenols is 1. The lowest BCUT2D eigenvalue weighted by Gasteiger charge is -2.42. The molecule has 0 aliphatic carbocycles. The zero-order valence-corrected chi connectivity index (χ0v) is 14.4. The topological polar surface area (TPSA) is 35.5 Å². The molecule has 3 nitrogen and oxygen atoms in total. The lowest BCUT2D eigenvalue weighted by molar-refractivity contribution is 0.0859. The minimum Gasteiger partial charge on any atom is -0.505 e. The van der Waals surface area contributed by atoms with Crippen LogP contribution in [0, 0.1) is 11.2 Å². The molecule has 0 aromatic heterocycles. The number of rotatable bonds is 2. The highest BCUT2D eigenvalue weighted by Crippen LogP contribution is 2.39. The number of piperazine rings is 1. The van der Waals surface area contributed by atoms with Crippen LogP contribution in [0.1, 0.15) is 32.4 Å². The van der Waals surface area contributed by atoms with Crippen molar-refractivity contribution in [2.24, 2.45) is 5.41 Å². The molecule has 0 unspecified atom stereocenters. The summed E-state index contributed by atoms with van der Waals surface area (Å²) in [4.78, 5) is 2.39. The van der Waals surface area contributed by atoms with E-state index in [1.165, 1.54) is 12.1 Å². The van der Waals surface area contributed by atoms with Gasteiger partial charge in [0.15, 0.2) is 11.6 Å². The molecule has 0 bridgehead atoms. The fourth-order valence-electron chi connectivity index (χ4n) is 2.89. The van der Waals surface area contributed by atoms with Crippen molar-refractivity contribution < 1.29 is 9.50 Å². The van der Waals surface area contributed by atoms with Crippen molar-refractivity contribution in [1.82, 2.24) is 10.2 Å². The summed E-state index contributed by atoms with van der Waals surface area (Å²) in [6, 6.07) is 4.90. The van der Waals surface area contributed by atoms with Crippen molar-refractivity contribution in [2.75, 3.05) is 26.2 Å². The number of hydrogen-bond donors (Lipinski definition) is 2. The van der Waals surface area contributed by atoms with E-state index in [2.05, 4.69) is 31.0 Å². The van der Waals surface area contributed by atoms with Gasteiger partial charge in [-0.2, -0.15) is 0 Å². The van der Waals surface area contributed by atoms with Gasteiger partial charge in [-0.1, -0.05) is 26.8 Å². The Morgan fingerprint density at radius 2 is 1.76 bits per heavy atom. The van der Waals surface area contributed by atoms with Crippen LogP contribution in [0.4, 0.5) is 4.39 Å². The molecule has 1 heterocycles. The first-order valence-electron chi connectivity index (χ1n) is 6.83. The second-order valence-electron chi connectivity index (χ2n) is 6.27. The number of aromatic hydroxyl groups is 1. The molecule has 1 saturated heterocycles. The van der Waals surface area contributed by atoms with Gasteiger partial charge in [-0.05, 0) is 23.1 Å². The summed E-state index contributed by atoms with van der Waals surface area (Å²) in [5.74, 6) is -0.821. The molecule has 21 heavy (non-hydrogen) atoms. The summed E-state index contributed by atoms with van der Waals surface area (Å²) in [5.41, 5.74) is 0.950. The predicted octanol–water partition coefficient (Wildman–Crippen LogP) is 3.37. The van der Waals surface area contributed by atoms with Crippen molar-refractivity contribution in [2.45, 2.75) is 26.8 Å². The first-order chi connectivity index (χ1) is 8.89. The number of hydrogen-bond acceptors (Lipinski definition) is 3. The van der Waals surface area contributed by atoms with Crippen LogP contribution in [-0.2, 0) is 0 Å². The molecule has 2 N–H and O–H groups in total.